The lowest BCUT2D eigenvalue weighted by atomic mass is 9.95. The van der Waals surface area contributed by atoms with Crippen molar-refractivity contribution in [2.45, 2.75) is 57.7 Å². The van der Waals surface area contributed by atoms with Crippen molar-refractivity contribution in [3.8, 4) is 5.75 Å². The lowest BCUT2D eigenvalue weighted by Gasteiger charge is -2.31. The number of rotatable bonds is 8. The Bertz CT molecular complexity index is 885. The summed E-state index contributed by atoms with van der Waals surface area (Å²) in [6.45, 7) is 1.56. The van der Waals surface area contributed by atoms with Crippen molar-refractivity contribution in [2.75, 3.05) is 6.61 Å². The van der Waals surface area contributed by atoms with E-state index >= 15 is 0 Å². The highest BCUT2D eigenvalue weighted by Gasteiger charge is 2.28. The Morgan fingerprint density at radius 3 is 2.48 bits per heavy atom. The Balaban J connectivity index is 1.70. The van der Waals surface area contributed by atoms with Gasteiger partial charge in [0.25, 0.3) is 5.91 Å². The van der Waals surface area contributed by atoms with Crippen LogP contribution in [0.1, 0.15) is 44.6 Å². The molecule has 0 radical (unpaired) electrons. The number of amides is 2. The molecule has 1 aliphatic rings. The zero-order valence-electron chi connectivity index (χ0n) is 17.7. The van der Waals surface area contributed by atoms with Crippen molar-refractivity contribution in [1.29, 1.82) is 0 Å². The molecule has 0 aromatic heterocycles. The molecule has 1 fully saturated rings. The van der Waals surface area contributed by atoms with Gasteiger partial charge in [-0.1, -0.05) is 55.1 Å². The van der Waals surface area contributed by atoms with Crippen molar-refractivity contribution < 1.29 is 18.7 Å². The minimum Gasteiger partial charge on any atom is -0.481 e. The Hall–Kier alpha value is -2.60. The molecule has 0 bridgehead atoms. The lowest BCUT2D eigenvalue weighted by Crippen LogP contribution is -2.51. The molecule has 0 saturated heterocycles. The van der Waals surface area contributed by atoms with E-state index in [0.717, 1.165) is 31.2 Å². The van der Waals surface area contributed by atoms with Crippen LogP contribution >= 0.6 is 11.6 Å². The summed E-state index contributed by atoms with van der Waals surface area (Å²) < 4.78 is 19.2. The van der Waals surface area contributed by atoms with Crippen molar-refractivity contribution in [1.82, 2.24) is 10.2 Å². The molecule has 2 aromatic carbocycles. The van der Waals surface area contributed by atoms with Gasteiger partial charge in [0.2, 0.25) is 5.91 Å². The maximum absolute atomic E-state index is 13.8. The fourth-order valence-electron chi connectivity index (χ4n) is 3.72. The van der Waals surface area contributed by atoms with Gasteiger partial charge in [-0.2, -0.15) is 0 Å². The van der Waals surface area contributed by atoms with Crippen LogP contribution in [0.15, 0.2) is 48.5 Å². The third-order valence-corrected chi connectivity index (χ3v) is 5.82. The van der Waals surface area contributed by atoms with Crippen LogP contribution in [0.3, 0.4) is 0 Å². The molecule has 7 heteroatoms. The summed E-state index contributed by atoms with van der Waals surface area (Å²) in [5.41, 5.74) is 0.834. The first-order chi connectivity index (χ1) is 14.9. The summed E-state index contributed by atoms with van der Waals surface area (Å²) in [6.07, 6.45) is 5.31. The van der Waals surface area contributed by atoms with Gasteiger partial charge in [-0.25, -0.2) is 4.39 Å². The minimum absolute atomic E-state index is 0.00148. The van der Waals surface area contributed by atoms with Gasteiger partial charge in [0.05, 0.1) is 0 Å². The average Bonchev–Trinajstić information content (AvgIpc) is 2.78. The number of hydrogen-bond acceptors (Lipinski definition) is 3. The van der Waals surface area contributed by atoms with Gasteiger partial charge in [0.15, 0.2) is 18.2 Å². The second-order valence-electron chi connectivity index (χ2n) is 7.89. The summed E-state index contributed by atoms with van der Waals surface area (Å²) >= 11 is 5.96. The summed E-state index contributed by atoms with van der Waals surface area (Å²) in [4.78, 5) is 27.4. The van der Waals surface area contributed by atoms with E-state index in [2.05, 4.69) is 5.32 Å². The predicted molar refractivity (Wildman–Crippen MR) is 118 cm³/mol. The van der Waals surface area contributed by atoms with Gasteiger partial charge in [-0.05, 0) is 49.6 Å². The molecular formula is C24H28ClFN2O3. The van der Waals surface area contributed by atoms with Crippen molar-refractivity contribution >= 4 is 23.4 Å². The smallest absolute Gasteiger partial charge is 0.261 e. The molecule has 0 aliphatic heterocycles. The summed E-state index contributed by atoms with van der Waals surface area (Å²) in [5, 5.41) is 3.67. The third-order valence-electron chi connectivity index (χ3n) is 5.57. The molecular weight excluding hydrogens is 419 g/mol. The van der Waals surface area contributed by atoms with E-state index in [1.807, 2.05) is 12.1 Å². The molecule has 3 rings (SSSR count). The molecule has 1 atom stereocenters. The SMILES string of the molecule is CC(C(=O)NC1CCCCC1)N(Cc1ccc(Cl)cc1)C(=O)COc1ccccc1F. The zero-order valence-corrected chi connectivity index (χ0v) is 18.4. The topological polar surface area (TPSA) is 58.6 Å². The first-order valence-electron chi connectivity index (χ1n) is 10.7. The van der Waals surface area contributed by atoms with Crippen LogP contribution in [-0.2, 0) is 16.1 Å². The highest BCUT2D eigenvalue weighted by molar-refractivity contribution is 6.30. The van der Waals surface area contributed by atoms with E-state index in [1.165, 1.54) is 23.5 Å². The van der Waals surface area contributed by atoms with Crippen LogP contribution < -0.4 is 10.1 Å². The first kappa shape index (κ1) is 23.1. The van der Waals surface area contributed by atoms with Gasteiger partial charge in [0.1, 0.15) is 6.04 Å². The van der Waals surface area contributed by atoms with Crippen LogP contribution in [0.4, 0.5) is 4.39 Å². The number of carbonyl (C=O) groups is 2. The predicted octanol–water partition coefficient (Wildman–Crippen LogP) is 4.72. The Morgan fingerprint density at radius 2 is 1.81 bits per heavy atom. The fraction of sp³-hybridized carbons (Fsp3) is 0.417. The van der Waals surface area contributed by atoms with Gasteiger partial charge < -0.3 is 15.0 Å². The highest BCUT2D eigenvalue weighted by Crippen LogP contribution is 2.19. The van der Waals surface area contributed by atoms with E-state index in [0.29, 0.717) is 5.02 Å². The monoisotopic (exact) mass is 446 g/mol. The van der Waals surface area contributed by atoms with E-state index in [9.17, 15) is 14.0 Å². The Kier molecular flexibility index (Phi) is 8.29. The molecule has 2 aromatic rings. The van der Waals surface area contributed by atoms with E-state index in [4.69, 9.17) is 16.3 Å². The van der Waals surface area contributed by atoms with Crippen LogP contribution in [0, 0.1) is 5.82 Å². The molecule has 166 valence electrons. The number of para-hydroxylation sites is 1. The minimum atomic E-state index is -0.700. The number of ether oxygens (including phenoxy) is 1. The lowest BCUT2D eigenvalue weighted by molar-refractivity contribution is -0.142. The number of nitrogens with one attached hydrogen (secondary N) is 1. The normalized spacial score (nSPS) is 15.2. The van der Waals surface area contributed by atoms with Gasteiger partial charge in [0, 0.05) is 17.6 Å². The van der Waals surface area contributed by atoms with Gasteiger partial charge in [-0.15, -0.1) is 0 Å². The van der Waals surface area contributed by atoms with Gasteiger partial charge in [-0.3, -0.25) is 9.59 Å². The Morgan fingerprint density at radius 1 is 1.13 bits per heavy atom. The average molecular weight is 447 g/mol. The van der Waals surface area contributed by atoms with Crippen molar-refractivity contribution in [3.63, 3.8) is 0 Å². The quantitative estimate of drug-likeness (QED) is 0.638. The van der Waals surface area contributed by atoms with E-state index in [-0.39, 0.29) is 30.9 Å². The molecule has 1 N–H and O–H groups in total. The number of halogens is 2. The van der Waals surface area contributed by atoms with Crippen LogP contribution in [0.2, 0.25) is 5.02 Å². The highest BCUT2D eigenvalue weighted by atomic mass is 35.5. The summed E-state index contributed by atoms with van der Waals surface area (Å²) in [6, 6.07) is 12.5. The second kappa shape index (κ2) is 11.1. The molecule has 1 saturated carbocycles. The number of carbonyl (C=O) groups excluding carboxylic acids is 2. The van der Waals surface area contributed by atoms with Crippen molar-refractivity contribution in [3.05, 3.63) is 64.9 Å². The fourth-order valence-corrected chi connectivity index (χ4v) is 3.85. The molecule has 2 amide bonds. The first-order valence-corrected chi connectivity index (χ1v) is 11.0. The van der Waals surface area contributed by atoms with Crippen molar-refractivity contribution in [2.24, 2.45) is 0 Å². The van der Waals surface area contributed by atoms with Crippen LogP contribution in [-0.4, -0.2) is 35.4 Å². The maximum Gasteiger partial charge on any atom is 0.261 e. The molecule has 31 heavy (non-hydrogen) atoms. The molecule has 0 spiro atoms. The largest absolute Gasteiger partial charge is 0.481 e. The van der Waals surface area contributed by atoms with E-state index < -0.39 is 17.8 Å². The zero-order chi connectivity index (χ0) is 22.2. The molecule has 1 aliphatic carbocycles. The summed E-state index contributed by atoms with van der Waals surface area (Å²) in [5.74, 6) is -1.13. The molecule has 1 unspecified atom stereocenters. The van der Waals surface area contributed by atoms with Crippen LogP contribution in [0.25, 0.3) is 0 Å². The number of benzene rings is 2. The number of hydrogen-bond donors (Lipinski definition) is 1. The standard InChI is InChI=1S/C24H28ClFN2O3/c1-17(24(30)27-20-7-3-2-4-8-20)28(15-18-11-13-19(25)14-12-18)23(29)16-31-22-10-6-5-9-21(22)26/h5-6,9-14,17,20H,2-4,7-8,15-16H2,1H3,(H,27,30). The number of nitrogens with zero attached hydrogens (tertiary/aromatic N) is 1. The molecule has 5 nitrogen and oxygen atoms in total. The molecule has 0 heterocycles. The maximum atomic E-state index is 13.8. The third kappa shape index (κ3) is 6.69. The second-order valence-corrected chi connectivity index (χ2v) is 8.32. The van der Waals surface area contributed by atoms with E-state index in [1.54, 1.807) is 31.2 Å². The summed E-state index contributed by atoms with van der Waals surface area (Å²) in [7, 11) is 0. The van der Waals surface area contributed by atoms with Crippen LogP contribution in [0.5, 0.6) is 5.75 Å². The van der Waals surface area contributed by atoms with Gasteiger partial charge >= 0.3 is 0 Å². The Labute approximate surface area is 187 Å².